The topological polar surface area (TPSA) is 115 Å². The Labute approximate surface area is 187 Å². The van der Waals surface area contributed by atoms with Crippen LogP contribution in [0.2, 0.25) is 0 Å². The molecule has 0 spiro atoms. The van der Waals surface area contributed by atoms with Gasteiger partial charge in [0.15, 0.2) is 0 Å². The summed E-state index contributed by atoms with van der Waals surface area (Å²) in [5.41, 5.74) is 1.59. The molecule has 31 heavy (non-hydrogen) atoms. The molecule has 0 bridgehead atoms. The maximum atomic E-state index is 12.6. The number of hydrogen-bond acceptors (Lipinski definition) is 7. The van der Waals surface area contributed by atoms with Crippen molar-refractivity contribution in [2.75, 3.05) is 5.32 Å². The number of amides is 1. The van der Waals surface area contributed by atoms with Gasteiger partial charge < -0.3 is 5.32 Å². The molecule has 0 aliphatic heterocycles. The summed E-state index contributed by atoms with van der Waals surface area (Å²) in [6.45, 7) is 1.79. The first kappa shape index (κ1) is 21.4. The van der Waals surface area contributed by atoms with Crippen molar-refractivity contribution < 1.29 is 13.2 Å². The Kier molecular flexibility index (Phi) is 6.05. The van der Waals surface area contributed by atoms with E-state index in [0.717, 1.165) is 25.7 Å². The monoisotopic (exact) mass is 470 g/mol. The lowest BCUT2D eigenvalue weighted by atomic mass is 10.2. The van der Waals surface area contributed by atoms with E-state index >= 15 is 0 Å². The molecule has 2 heterocycles. The van der Waals surface area contributed by atoms with Gasteiger partial charge in [0.05, 0.1) is 10.1 Å². The highest BCUT2D eigenvalue weighted by atomic mass is 32.2. The number of aromatic nitrogens is 2. The molecule has 2 aromatic heterocycles. The van der Waals surface area contributed by atoms with Gasteiger partial charge in [-0.05, 0) is 42.8 Å². The van der Waals surface area contributed by atoms with Crippen LogP contribution in [0.4, 0.5) is 5.69 Å². The first-order valence-corrected chi connectivity index (χ1v) is 12.5. The second-order valence-corrected chi connectivity index (χ2v) is 10.6. The molecule has 0 aliphatic rings. The molecule has 1 atom stereocenters. The summed E-state index contributed by atoms with van der Waals surface area (Å²) in [5, 5.41) is 9.09. The molecule has 0 saturated heterocycles. The molecule has 4 rings (SSSR count). The summed E-state index contributed by atoms with van der Waals surface area (Å²) in [5.74, 6) is -0.223. The number of benzene rings is 2. The molecule has 7 nitrogen and oxygen atoms in total. The summed E-state index contributed by atoms with van der Waals surface area (Å²) in [7, 11) is -3.77. The summed E-state index contributed by atoms with van der Waals surface area (Å²) in [6, 6.07) is 17.8. The molecule has 1 unspecified atom stereocenters. The van der Waals surface area contributed by atoms with Gasteiger partial charge in [-0.2, -0.15) is 0 Å². The van der Waals surface area contributed by atoms with Crippen LogP contribution >= 0.6 is 23.1 Å². The summed E-state index contributed by atoms with van der Waals surface area (Å²) < 4.78 is 22.7. The lowest BCUT2D eigenvalue weighted by Crippen LogP contribution is -2.22. The minimum Gasteiger partial charge on any atom is -0.325 e. The van der Waals surface area contributed by atoms with Crippen molar-refractivity contribution in [3.05, 3.63) is 67.0 Å². The van der Waals surface area contributed by atoms with Crippen molar-refractivity contribution in [2.24, 2.45) is 5.14 Å². The number of carbonyl (C=O) groups is 1. The maximum absolute atomic E-state index is 12.6. The number of primary sulfonamides is 1. The minimum atomic E-state index is -3.77. The zero-order valence-corrected chi connectivity index (χ0v) is 18.8. The van der Waals surface area contributed by atoms with Gasteiger partial charge in [0.1, 0.15) is 16.2 Å². The van der Waals surface area contributed by atoms with Crippen molar-refractivity contribution in [3.8, 4) is 10.4 Å². The van der Waals surface area contributed by atoms with Crippen molar-refractivity contribution in [1.82, 2.24) is 9.97 Å². The van der Waals surface area contributed by atoms with Crippen molar-refractivity contribution in [3.63, 3.8) is 0 Å². The van der Waals surface area contributed by atoms with Gasteiger partial charge >= 0.3 is 0 Å². The van der Waals surface area contributed by atoms with Gasteiger partial charge in [0.25, 0.3) is 0 Å². The molecule has 0 aliphatic carbocycles. The highest BCUT2D eigenvalue weighted by Gasteiger charge is 2.19. The van der Waals surface area contributed by atoms with E-state index in [1.165, 1.54) is 42.4 Å². The summed E-state index contributed by atoms with van der Waals surface area (Å²) in [4.78, 5) is 23.3. The molecule has 0 fully saturated rings. The highest BCUT2D eigenvalue weighted by molar-refractivity contribution is 8.00. The fourth-order valence-corrected chi connectivity index (χ4v) is 5.34. The van der Waals surface area contributed by atoms with Crippen LogP contribution in [0.3, 0.4) is 0 Å². The van der Waals surface area contributed by atoms with Gasteiger partial charge in [-0.25, -0.2) is 23.5 Å². The number of anilines is 1. The van der Waals surface area contributed by atoms with Crippen LogP contribution in [0, 0.1) is 0 Å². The smallest absolute Gasteiger partial charge is 0.238 e. The first-order valence-electron chi connectivity index (χ1n) is 9.21. The van der Waals surface area contributed by atoms with E-state index in [2.05, 4.69) is 15.3 Å². The normalized spacial score (nSPS) is 12.6. The Morgan fingerprint density at radius 1 is 1.10 bits per heavy atom. The third-order valence-corrected chi connectivity index (χ3v) is 7.60. The SMILES string of the molecule is CC(Sc1ncnc2sc(-c3ccccc3)cc12)C(=O)Nc1ccc(S(N)(=O)=O)cc1. The van der Waals surface area contributed by atoms with Gasteiger partial charge in [-0.1, -0.05) is 42.1 Å². The van der Waals surface area contributed by atoms with Gasteiger partial charge in [0.2, 0.25) is 15.9 Å². The lowest BCUT2D eigenvalue weighted by molar-refractivity contribution is -0.115. The predicted molar refractivity (Wildman–Crippen MR) is 125 cm³/mol. The number of hydrogen-bond donors (Lipinski definition) is 2. The Morgan fingerprint density at radius 2 is 1.81 bits per heavy atom. The van der Waals surface area contributed by atoms with E-state index in [1.807, 2.05) is 36.4 Å². The number of thiophene rings is 1. The van der Waals surface area contributed by atoms with E-state index in [1.54, 1.807) is 18.3 Å². The first-order chi connectivity index (χ1) is 14.8. The number of nitrogens with one attached hydrogen (secondary N) is 1. The third kappa shape index (κ3) is 4.93. The summed E-state index contributed by atoms with van der Waals surface area (Å²) in [6.07, 6.45) is 1.51. The molecule has 0 saturated carbocycles. The number of sulfonamides is 1. The molecule has 158 valence electrons. The van der Waals surface area contributed by atoms with Crippen LogP contribution in [-0.4, -0.2) is 29.5 Å². The maximum Gasteiger partial charge on any atom is 0.238 e. The standard InChI is InChI=1S/C21H18N4O3S3/c1-13(19(26)25-15-7-9-16(10-8-15)31(22,27)28)29-20-17-11-18(14-5-3-2-4-6-14)30-21(17)24-12-23-20/h2-13H,1H3,(H,25,26)(H2,22,27,28). The van der Waals surface area contributed by atoms with Crippen LogP contribution in [-0.2, 0) is 14.8 Å². The largest absolute Gasteiger partial charge is 0.325 e. The third-order valence-electron chi connectivity index (χ3n) is 4.46. The second-order valence-electron chi connectivity index (χ2n) is 6.69. The van der Waals surface area contributed by atoms with Crippen LogP contribution in [0.25, 0.3) is 20.7 Å². The Hall–Kier alpha value is -2.79. The zero-order valence-electron chi connectivity index (χ0n) is 16.3. The van der Waals surface area contributed by atoms with E-state index in [-0.39, 0.29) is 10.8 Å². The molecule has 3 N–H and O–H groups in total. The van der Waals surface area contributed by atoms with Gasteiger partial charge in [-0.3, -0.25) is 4.79 Å². The molecule has 4 aromatic rings. The van der Waals surface area contributed by atoms with E-state index in [4.69, 9.17) is 5.14 Å². The summed E-state index contributed by atoms with van der Waals surface area (Å²) >= 11 is 2.93. The molecule has 10 heteroatoms. The molecule has 1 amide bonds. The molecular formula is C21H18N4O3S3. The number of nitrogens with zero attached hydrogens (tertiary/aromatic N) is 2. The fourth-order valence-electron chi connectivity index (χ4n) is 2.87. The number of nitrogens with two attached hydrogens (primary N) is 1. The average molecular weight is 471 g/mol. The lowest BCUT2D eigenvalue weighted by Gasteiger charge is -2.12. The number of rotatable bonds is 6. The van der Waals surface area contributed by atoms with Crippen molar-refractivity contribution in [1.29, 1.82) is 0 Å². The van der Waals surface area contributed by atoms with Crippen LogP contribution in [0.5, 0.6) is 0 Å². The predicted octanol–water partition coefficient (Wildman–Crippen LogP) is 4.13. The average Bonchev–Trinajstić information content (AvgIpc) is 3.19. The van der Waals surface area contributed by atoms with Crippen LogP contribution < -0.4 is 10.5 Å². The highest BCUT2D eigenvalue weighted by Crippen LogP contribution is 2.37. The van der Waals surface area contributed by atoms with E-state index in [0.29, 0.717) is 5.69 Å². The number of carbonyl (C=O) groups excluding carboxylic acids is 1. The van der Waals surface area contributed by atoms with Crippen molar-refractivity contribution >= 4 is 54.9 Å². The fraction of sp³-hybridized carbons (Fsp3) is 0.0952. The molecule has 2 aromatic carbocycles. The minimum absolute atomic E-state index is 0.0111. The Morgan fingerprint density at radius 3 is 2.48 bits per heavy atom. The molecule has 0 radical (unpaired) electrons. The Bertz CT molecular complexity index is 1340. The Balaban J connectivity index is 1.50. The second kappa shape index (κ2) is 8.75. The van der Waals surface area contributed by atoms with Crippen LogP contribution in [0.1, 0.15) is 6.92 Å². The quantitative estimate of drug-likeness (QED) is 0.323. The van der Waals surface area contributed by atoms with Crippen LogP contribution in [0.15, 0.2) is 76.9 Å². The van der Waals surface area contributed by atoms with E-state index < -0.39 is 15.3 Å². The van der Waals surface area contributed by atoms with Crippen molar-refractivity contribution in [2.45, 2.75) is 22.1 Å². The molecular weight excluding hydrogens is 452 g/mol. The van der Waals surface area contributed by atoms with E-state index in [9.17, 15) is 13.2 Å². The zero-order chi connectivity index (χ0) is 22.0. The number of fused-ring (bicyclic) bond motifs is 1. The van der Waals surface area contributed by atoms with Gasteiger partial charge in [-0.15, -0.1) is 11.3 Å². The van der Waals surface area contributed by atoms with Gasteiger partial charge in [0, 0.05) is 16.0 Å². The number of thioether (sulfide) groups is 1.